The van der Waals surface area contributed by atoms with Crippen molar-refractivity contribution in [2.45, 2.75) is 6.92 Å². The zero-order chi connectivity index (χ0) is 22.1. The van der Waals surface area contributed by atoms with Gasteiger partial charge in [-0.15, -0.1) is 0 Å². The first kappa shape index (κ1) is 20.0. The van der Waals surface area contributed by atoms with E-state index in [1.165, 1.54) is 25.1 Å². The van der Waals surface area contributed by atoms with Crippen LogP contribution in [0.3, 0.4) is 0 Å². The lowest BCUT2D eigenvalue weighted by molar-refractivity contribution is -0.130. The number of hydrogen-bond acceptors (Lipinski definition) is 3. The quantitative estimate of drug-likeness (QED) is 0.121. The molecule has 4 heteroatoms. The third kappa shape index (κ3) is 3.77. The molecule has 5 rings (SSSR count). The molecule has 5 aromatic rings. The number of carbonyl (C=O) groups is 1. The summed E-state index contributed by atoms with van der Waals surface area (Å²) in [5.74, 6) is 1.46. The number of carbonyl (C=O) groups excluding carboxylic acids is 1. The van der Waals surface area contributed by atoms with Gasteiger partial charge in [0.25, 0.3) is 0 Å². The molecule has 4 aromatic carbocycles. The van der Waals surface area contributed by atoms with Gasteiger partial charge in [-0.2, -0.15) is 0 Å². The van der Waals surface area contributed by atoms with E-state index in [1.807, 2.05) is 12.1 Å². The van der Waals surface area contributed by atoms with Crippen molar-refractivity contribution in [1.82, 2.24) is 0 Å². The summed E-state index contributed by atoms with van der Waals surface area (Å²) >= 11 is 0. The van der Waals surface area contributed by atoms with Crippen LogP contribution in [0.25, 0.3) is 25.1 Å². The Labute approximate surface area is 189 Å². The Morgan fingerprint density at radius 2 is 1.31 bits per heavy atom. The minimum atomic E-state index is -0.440. The number of esters is 1. The summed E-state index contributed by atoms with van der Waals surface area (Å²) in [4.78, 5) is 12.9. The second-order valence-corrected chi connectivity index (χ2v) is 9.48. The number of ether oxygens (including phenoxy) is 2. The number of thiophene rings is 1. The van der Waals surface area contributed by atoms with Gasteiger partial charge in [-0.3, -0.25) is 0 Å². The van der Waals surface area contributed by atoms with Crippen molar-refractivity contribution >= 4 is 36.6 Å². The Morgan fingerprint density at radius 1 is 0.719 bits per heavy atom. The Kier molecular flexibility index (Phi) is 5.21. The molecule has 0 amide bonds. The molecule has 3 nitrogen and oxygen atoms in total. The molecule has 0 aliphatic heterocycles. The molecule has 0 N–H and O–H groups in total. The highest BCUT2D eigenvalue weighted by molar-refractivity contribution is 7.50. The van der Waals surface area contributed by atoms with Crippen LogP contribution in [0.2, 0.25) is 0 Å². The van der Waals surface area contributed by atoms with E-state index in [9.17, 15) is 4.79 Å². The molecule has 0 saturated heterocycles. The summed E-state index contributed by atoms with van der Waals surface area (Å²) < 4.78 is 14.0. The molecule has 1 aromatic heterocycles. The average molecular weight is 438 g/mol. The molecule has 0 unspecified atom stereocenters. The van der Waals surface area contributed by atoms with Crippen LogP contribution in [-0.2, 0) is 4.79 Å². The van der Waals surface area contributed by atoms with Crippen LogP contribution in [-0.4, -0.2) is 5.97 Å². The van der Waals surface area contributed by atoms with Gasteiger partial charge < -0.3 is 9.47 Å². The Balaban J connectivity index is 1.47. The highest BCUT2D eigenvalue weighted by Crippen LogP contribution is 2.48. The first-order chi connectivity index (χ1) is 15.6. The zero-order valence-corrected chi connectivity index (χ0v) is 18.4. The van der Waals surface area contributed by atoms with Crippen molar-refractivity contribution < 1.29 is 14.3 Å². The monoisotopic (exact) mass is 437 g/mol. The maximum Gasteiger partial charge on any atom is 0.338 e. The fourth-order valence-electron chi connectivity index (χ4n) is 3.68. The van der Waals surface area contributed by atoms with Crippen molar-refractivity contribution in [3.05, 3.63) is 109 Å². The van der Waals surface area contributed by atoms with E-state index >= 15 is 0 Å². The predicted octanol–water partition coefficient (Wildman–Crippen LogP) is 8.01. The fraction of sp³-hybridized carbons (Fsp3) is 0.0357. The van der Waals surface area contributed by atoms with Crippen LogP contribution in [0, 0.1) is 0 Å². The highest BCUT2D eigenvalue weighted by Gasteiger charge is 2.23. The van der Waals surface area contributed by atoms with Gasteiger partial charge >= 0.3 is 5.97 Å². The molecule has 0 saturated carbocycles. The molecule has 0 aliphatic carbocycles. The summed E-state index contributed by atoms with van der Waals surface area (Å²) in [6.45, 7) is 5.21. The molecule has 32 heavy (non-hydrogen) atoms. The van der Waals surface area contributed by atoms with E-state index < -0.39 is 5.97 Å². The van der Waals surface area contributed by atoms with E-state index in [0.29, 0.717) is 17.1 Å². The smallest absolute Gasteiger partial charge is 0.338 e. The van der Waals surface area contributed by atoms with Gasteiger partial charge in [0.05, 0.1) is 0 Å². The maximum absolute atomic E-state index is 11.7. The van der Waals surface area contributed by atoms with Crippen molar-refractivity contribution in [2.24, 2.45) is 0 Å². The zero-order valence-electron chi connectivity index (χ0n) is 17.6. The van der Waals surface area contributed by atoms with Crippen LogP contribution in [0.15, 0.2) is 109 Å². The van der Waals surface area contributed by atoms with Gasteiger partial charge in [0, 0.05) is 32.9 Å². The van der Waals surface area contributed by atoms with Gasteiger partial charge in [-0.05, 0) is 67.6 Å². The van der Waals surface area contributed by atoms with Crippen molar-refractivity contribution in [3.8, 4) is 22.1 Å². The lowest BCUT2D eigenvalue weighted by Gasteiger charge is -2.07. The lowest BCUT2D eigenvalue weighted by atomic mass is 10.2. The summed E-state index contributed by atoms with van der Waals surface area (Å²) in [5.41, 5.74) is 0.359. The molecular weight excluding hydrogens is 416 g/mol. The van der Waals surface area contributed by atoms with E-state index in [1.54, 1.807) is 31.2 Å². The maximum atomic E-state index is 11.7. The Bertz CT molecular complexity index is 1410. The van der Waals surface area contributed by atoms with E-state index in [-0.39, 0.29) is 10.5 Å². The minimum Gasteiger partial charge on any atom is -0.457 e. The van der Waals surface area contributed by atoms with Gasteiger partial charge in [-0.25, -0.2) is 4.79 Å². The molecule has 0 fully saturated rings. The van der Waals surface area contributed by atoms with E-state index in [4.69, 9.17) is 9.47 Å². The van der Waals surface area contributed by atoms with E-state index in [2.05, 4.69) is 67.2 Å². The molecule has 0 bridgehead atoms. The lowest BCUT2D eigenvalue weighted by Crippen LogP contribution is -2.07. The molecule has 156 valence electrons. The molecule has 0 aliphatic rings. The van der Waals surface area contributed by atoms with Crippen LogP contribution in [0.5, 0.6) is 17.2 Å². The second kappa shape index (κ2) is 8.33. The number of hydrogen-bond donors (Lipinski definition) is 0. The van der Waals surface area contributed by atoms with E-state index in [0.717, 1.165) is 5.75 Å². The first-order valence-electron chi connectivity index (χ1n) is 10.3. The largest absolute Gasteiger partial charge is 0.457 e. The molecule has 1 heterocycles. The number of fused-ring (bicyclic) bond motifs is 3. The summed E-state index contributed by atoms with van der Waals surface area (Å²) in [6.07, 6.45) is 0. The van der Waals surface area contributed by atoms with Crippen molar-refractivity contribution in [2.75, 3.05) is 0 Å². The number of rotatable bonds is 5. The van der Waals surface area contributed by atoms with Crippen molar-refractivity contribution in [3.63, 3.8) is 0 Å². The van der Waals surface area contributed by atoms with Gasteiger partial charge in [0.15, 0.2) is 14.3 Å². The summed E-state index contributed by atoms with van der Waals surface area (Å²) in [5, 5.41) is 2.61. The van der Waals surface area contributed by atoms with Crippen molar-refractivity contribution in [1.29, 1.82) is 0 Å². The normalized spacial score (nSPS) is 10.9. The summed E-state index contributed by atoms with van der Waals surface area (Å²) in [6, 6.07) is 32.5. The molecule has 0 spiro atoms. The molecule has 0 radical (unpaired) electrons. The standard InChI is InChI=1S/C28H21O3S/c1-19(2)28(29)31-21-16-14-20(15-17-21)30-22-8-7-9-23(18-22)32-26-12-5-3-10-24(26)25-11-4-6-13-27(25)32/h3-18H,1H2,2H3/q+1. The fourth-order valence-corrected chi connectivity index (χ4v) is 6.10. The number of benzene rings is 4. The second-order valence-electron chi connectivity index (χ2n) is 7.52. The topological polar surface area (TPSA) is 35.5 Å². The van der Waals surface area contributed by atoms with Gasteiger partial charge in [-0.1, -0.05) is 36.9 Å². The summed E-state index contributed by atoms with van der Waals surface area (Å²) in [7, 11) is -0.169. The SMILES string of the molecule is C=C(C)C(=O)Oc1ccc(Oc2cccc(-[s+]3c4ccccc4c4ccccc43)c2)cc1. The Morgan fingerprint density at radius 3 is 1.94 bits per heavy atom. The molecular formula is C28H21O3S+. The minimum absolute atomic E-state index is 0.169. The van der Waals surface area contributed by atoms with Crippen LogP contribution >= 0.6 is 10.5 Å². The van der Waals surface area contributed by atoms with Crippen LogP contribution in [0.4, 0.5) is 0 Å². The van der Waals surface area contributed by atoms with Gasteiger partial charge in [0.2, 0.25) is 0 Å². The van der Waals surface area contributed by atoms with Crippen LogP contribution < -0.4 is 9.47 Å². The highest BCUT2D eigenvalue weighted by atomic mass is 32.2. The third-order valence-electron chi connectivity index (χ3n) is 5.16. The average Bonchev–Trinajstić information content (AvgIpc) is 3.15. The predicted molar refractivity (Wildman–Crippen MR) is 132 cm³/mol. The first-order valence-corrected chi connectivity index (χ1v) is 11.5. The third-order valence-corrected chi connectivity index (χ3v) is 7.48. The van der Waals surface area contributed by atoms with Gasteiger partial charge in [0.1, 0.15) is 17.2 Å². The van der Waals surface area contributed by atoms with Crippen LogP contribution in [0.1, 0.15) is 6.92 Å². The Hall–Kier alpha value is -3.89. The molecule has 0 atom stereocenters.